The Hall–Kier alpha value is -0.536. The summed E-state index contributed by atoms with van der Waals surface area (Å²) in [6.07, 6.45) is 0. The van der Waals surface area contributed by atoms with Gasteiger partial charge in [0.25, 0.3) is 0 Å². The maximum absolute atomic E-state index is 4.50. The van der Waals surface area contributed by atoms with Gasteiger partial charge in [0, 0.05) is 32.7 Å². The summed E-state index contributed by atoms with van der Waals surface area (Å²) in [5, 5.41) is 0. The van der Waals surface area contributed by atoms with Gasteiger partial charge in [-0.2, -0.15) is 13.8 Å². The molecule has 1 radical (unpaired) electrons. The SMILES string of the molecule is C.C.C.C.CN.CN.[CH2-]C.[CH2-]C.[Y].c1ccccc1.c1ccccc1. The van der Waals surface area contributed by atoms with Gasteiger partial charge in [-0.05, 0) is 14.1 Å². The number of benzene rings is 2. The van der Waals surface area contributed by atoms with Crippen LogP contribution in [0.15, 0.2) is 72.8 Å². The van der Waals surface area contributed by atoms with E-state index in [0.717, 1.165) is 0 Å². The smallest absolute Gasteiger partial charge is 0 e. The number of nitrogens with two attached hydrogens (primary N) is 2. The number of rotatable bonds is 0. The van der Waals surface area contributed by atoms with Gasteiger partial charge in [0.05, 0.1) is 0 Å². The topological polar surface area (TPSA) is 52.0 Å². The van der Waals surface area contributed by atoms with Gasteiger partial charge in [0.2, 0.25) is 0 Å². The molecule has 0 aliphatic rings. The summed E-state index contributed by atoms with van der Waals surface area (Å²) in [6.45, 7) is 10.0. The molecule has 0 aromatic heterocycles. The van der Waals surface area contributed by atoms with Crippen molar-refractivity contribution in [3.05, 3.63) is 86.6 Å². The molecule has 0 spiro atoms. The van der Waals surface area contributed by atoms with Crippen LogP contribution in [0.2, 0.25) is 0 Å². The van der Waals surface area contributed by atoms with Crippen LogP contribution < -0.4 is 11.5 Å². The van der Waals surface area contributed by atoms with Crippen LogP contribution in [0, 0.1) is 13.8 Å². The Morgan fingerprint density at radius 3 is 0.440 bits per heavy atom. The van der Waals surface area contributed by atoms with E-state index in [1.54, 1.807) is 13.8 Å². The van der Waals surface area contributed by atoms with Crippen LogP contribution in [0.5, 0.6) is 0 Å². The van der Waals surface area contributed by atoms with Gasteiger partial charge in [-0.3, -0.25) is 0 Å². The molecule has 4 N–H and O–H groups in total. The summed E-state index contributed by atoms with van der Waals surface area (Å²) in [5.74, 6) is 0. The molecule has 2 rings (SSSR count). The third kappa shape index (κ3) is 82.3. The molecule has 0 amide bonds. The first-order chi connectivity index (χ1) is 10.0. The van der Waals surface area contributed by atoms with Crippen LogP contribution >= 0.6 is 0 Å². The average Bonchev–Trinajstić information content (AvgIpc) is 2.65. The van der Waals surface area contributed by atoms with E-state index in [4.69, 9.17) is 0 Å². The average molecular weight is 430 g/mol. The fourth-order valence-corrected chi connectivity index (χ4v) is 0.770. The fourth-order valence-electron chi connectivity index (χ4n) is 0.770. The first kappa shape index (κ1) is 56.3. The minimum absolute atomic E-state index is 0. The number of hydrogen-bond acceptors (Lipinski definition) is 2. The van der Waals surface area contributed by atoms with Gasteiger partial charge in [0.1, 0.15) is 0 Å². The van der Waals surface area contributed by atoms with Crippen molar-refractivity contribution in [1.82, 2.24) is 0 Å². The van der Waals surface area contributed by atoms with Gasteiger partial charge in [0.15, 0.2) is 0 Å². The first-order valence-electron chi connectivity index (χ1n) is 6.57. The molecule has 0 saturated heterocycles. The van der Waals surface area contributed by atoms with Crippen LogP contribution in [-0.2, 0) is 32.7 Å². The molecule has 25 heavy (non-hydrogen) atoms. The van der Waals surface area contributed by atoms with Gasteiger partial charge < -0.3 is 25.3 Å². The largest absolute Gasteiger partial charge is 0.346 e. The Morgan fingerprint density at radius 2 is 0.400 bits per heavy atom. The molecule has 3 heteroatoms. The molecular formula is C22H48N2Y-2. The van der Waals surface area contributed by atoms with E-state index in [9.17, 15) is 0 Å². The van der Waals surface area contributed by atoms with Crippen molar-refractivity contribution in [2.75, 3.05) is 14.1 Å². The molecule has 0 aliphatic heterocycles. The quantitative estimate of drug-likeness (QED) is 0.455. The van der Waals surface area contributed by atoms with Crippen molar-refractivity contribution in [3.63, 3.8) is 0 Å². The second-order valence-corrected chi connectivity index (χ2v) is 2.31. The standard InChI is InChI=1S/2C6H6.2C2H5.2CH5N.4CH4.Y/c2*1-2-4-6-5-3-1;4*1-2;;;;;/h2*1-6H;2*1H2,2H3;2*2H2,1H3;4*1H4;/q;;2*-1;;;;;;;. The zero-order chi connectivity index (χ0) is 16.5. The van der Waals surface area contributed by atoms with Crippen molar-refractivity contribution < 1.29 is 32.7 Å². The van der Waals surface area contributed by atoms with Crippen LogP contribution in [0.4, 0.5) is 0 Å². The predicted octanol–water partition coefficient (Wildman–Crippen LogP) is 6.75. The molecule has 0 fully saturated rings. The number of hydrogen-bond donors (Lipinski definition) is 2. The van der Waals surface area contributed by atoms with Crippen LogP contribution in [0.25, 0.3) is 0 Å². The molecule has 0 unspecified atom stereocenters. The first-order valence-corrected chi connectivity index (χ1v) is 6.57. The normalized spacial score (nSPS) is 4.80. The van der Waals surface area contributed by atoms with E-state index in [0.29, 0.717) is 0 Å². The molecule has 2 nitrogen and oxygen atoms in total. The van der Waals surface area contributed by atoms with E-state index in [2.05, 4.69) is 25.3 Å². The summed E-state index contributed by atoms with van der Waals surface area (Å²) in [4.78, 5) is 0. The molecule has 2 aromatic rings. The Balaban J connectivity index is -0.0000000184. The van der Waals surface area contributed by atoms with Gasteiger partial charge >= 0.3 is 0 Å². The Bertz CT molecular complexity index is 191. The van der Waals surface area contributed by atoms with E-state index >= 15 is 0 Å². The Morgan fingerprint density at radius 1 is 0.360 bits per heavy atom. The summed E-state index contributed by atoms with van der Waals surface area (Å²) in [7, 11) is 3.00. The summed E-state index contributed by atoms with van der Waals surface area (Å²) >= 11 is 0. The zero-order valence-electron chi connectivity index (χ0n) is 14.1. The van der Waals surface area contributed by atoms with E-state index in [1.807, 2.05) is 72.8 Å². The van der Waals surface area contributed by atoms with E-state index in [-0.39, 0.29) is 62.4 Å². The van der Waals surface area contributed by atoms with Gasteiger partial charge in [-0.25, -0.2) is 0 Å². The van der Waals surface area contributed by atoms with Crippen LogP contribution in [0.3, 0.4) is 0 Å². The van der Waals surface area contributed by atoms with Crippen molar-refractivity contribution >= 4 is 0 Å². The molecule has 0 heterocycles. The monoisotopic (exact) mass is 429 g/mol. The van der Waals surface area contributed by atoms with E-state index in [1.165, 1.54) is 14.1 Å². The van der Waals surface area contributed by atoms with Crippen molar-refractivity contribution in [2.24, 2.45) is 11.5 Å². The molecule has 0 atom stereocenters. The van der Waals surface area contributed by atoms with Crippen LogP contribution in [0.1, 0.15) is 43.6 Å². The molecule has 151 valence electrons. The molecule has 0 aliphatic carbocycles. The maximum atomic E-state index is 4.50. The van der Waals surface area contributed by atoms with Crippen molar-refractivity contribution in [3.8, 4) is 0 Å². The molecule has 0 bridgehead atoms. The third-order valence-electron chi connectivity index (χ3n) is 1.33. The van der Waals surface area contributed by atoms with Crippen LogP contribution in [-0.4, -0.2) is 14.1 Å². The fraction of sp³-hybridized carbons (Fsp3) is 0.364. The van der Waals surface area contributed by atoms with E-state index < -0.39 is 0 Å². The zero-order valence-corrected chi connectivity index (χ0v) is 16.9. The predicted molar refractivity (Wildman–Crippen MR) is 122 cm³/mol. The summed E-state index contributed by atoms with van der Waals surface area (Å²) < 4.78 is 0. The van der Waals surface area contributed by atoms with Crippen molar-refractivity contribution in [1.29, 1.82) is 0 Å². The summed E-state index contributed by atoms with van der Waals surface area (Å²) in [5.41, 5.74) is 9.00. The third-order valence-corrected chi connectivity index (χ3v) is 1.33. The molecule has 0 saturated carbocycles. The maximum Gasteiger partial charge on any atom is 0 e. The molecular weight excluding hydrogens is 381 g/mol. The van der Waals surface area contributed by atoms with Crippen molar-refractivity contribution in [2.45, 2.75) is 43.6 Å². The minimum atomic E-state index is 0. The Labute approximate surface area is 187 Å². The second kappa shape index (κ2) is 90.1. The molecule has 2 aromatic carbocycles. The Kier molecular flexibility index (Phi) is 203. The minimum Gasteiger partial charge on any atom is -0.346 e. The summed E-state index contributed by atoms with van der Waals surface area (Å²) in [6, 6.07) is 24.0. The van der Waals surface area contributed by atoms with Gasteiger partial charge in [-0.1, -0.05) is 103 Å². The second-order valence-electron chi connectivity index (χ2n) is 2.31. The van der Waals surface area contributed by atoms with Gasteiger partial charge in [-0.15, -0.1) is 0 Å².